The van der Waals surface area contributed by atoms with Crippen molar-refractivity contribution in [2.24, 2.45) is 0 Å². The van der Waals surface area contributed by atoms with Gasteiger partial charge in [-0.1, -0.05) is 60.7 Å². The Morgan fingerprint density at radius 1 is 0.935 bits per heavy atom. The van der Waals surface area contributed by atoms with Gasteiger partial charge in [0.05, 0.1) is 17.3 Å². The highest BCUT2D eigenvalue weighted by atomic mass is 16.5. The SMILES string of the molecule is O=C(O)[C@H](O)[C@H](Nc1cccc(OCc2ccc3ccccc3n2)c1)c1ccccc1. The number of nitrogens with zero attached hydrogens (tertiary/aromatic N) is 1. The van der Waals surface area contributed by atoms with Crippen LogP contribution in [0.2, 0.25) is 0 Å². The quantitative estimate of drug-likeness (QED) is 0.396. The van der Waals surface area contributed by atoms with Crippen molar-refractivity contribution in [1.29, 1.82) is 0 Å². The van der Waals surface area contributed by atoms with E-state index in [0.29, 0.717) is 23.6 Å². The van der Waals surface area contributed by atoms with Crippen molar-refractivity contribution in [3.8, 4) is 5.75 Å². The molecule has 6 nitrogen and oxygen atoms in total. The molecule has 0 aliphatic rings. The predicted molar refractivity (Wildman–Crippen MR) is 119 cm³/mol. The first kappa shape index (κ1) is 20.4. The summed E-state index contributed by atoms with van der Waals surface area (Å²) in [4.78, 5) is 16.0. The van der Waals surface area contributed by atoms with E-state index in [2.05, 4.69) is 10.3 Å². The van der Waals surface area contributed by atoms with Crippen LogP contribution >= 0.6 is 0 Å². The number of aromatic nitrogens is 1. The number of anilines is 1. The Morgan fingerprint density at radius 2 is 1.71 bits per heavy atom. The van der Waals surface area contributed by atoms with E-state index < -0.39 is 18.1 Å². The Morgan fingerprint density at radius 3 is 2.52 bits per heavy atom. The maximum atomic E-state index is 11.4. The monoisotopic (exact) mass is 414 g/mol. The second-order valence-corrected chi connectivity index (χ2v) is 7.13. The maximum absolute atomic E-state index is 11.4. The van der Waals surface area contributed by atoms with Gasteiger partial charge >= 0.3 is 5.97 Å². The first-order chi connectivity index (χ1) is 15.1. The number of benzene rings is 3. The summed E-state index contributed by atoms with van der Waals surface area (Å²) in [6.45, 7) is 0.300. The van der Waals surface area contributed by atoms with E-state index in [9.17, 15) is 15.0 Å². The smallest absolute Gasteiger partial charge is 0.335 e. The predicted octanol–water partition coefficient (Wildman–Crippen LogP) is 4.41. The number of carboxylic acids is 1. The number of fused-ring (bicyclic) bond motifs is 1. The number of aliphatic carboxylic acids is 1. The molecule has 0 spiro atoms. The highest BCUT2D eigenvalue weighted by Gasteiger charge is 2.27. The molecule has 0 bridgehead atoms. The van der Waals surface area contributed by atoms with Crippen LogP contribution in [0.4, 0.5) is 5.69 Å². The summed E-state index contributed by atoms with van der Waals surface area (Å²) < 4.78 is 5.90. The van der Waals surface area contributed by atoms with Crippen LogP contribution in [0, 0.1) is 0 Å². The second kappa shape index (κ2) is 9.28. The van der Waals surface area contributed by atoms with Crippen LogP contribution in [0.3, 0.4) is 0 Å². The van der Waals surface area contributed by atoms with Crippen molar-refractivity contribution in [3.05, 3.63) is 102 Å². The van der Waals surface area contributed by atoms with Gasteiger partial charge in [0, 0.05) is 17.1 Å². The highest BCUT2D eigenvalue weighted by molar-refractivity contribution is 5.78. The third-order valence-electron chi connectivity index (χ3n) is 4.93. The molecule has 3 N–H and O–H groups in total. The van der Waals surface area contributed by atoms with Crippen LogP contribution in [0.1, 0.15) is 17.3 Å². The summed E-state index contributed by atoms with van der Waals surface area (Å²) in [6.07, 6.45) is -1.60. The van der Waals surface area contributed by atoms with Crippen molar-refractivity contribution in [2.45, 2.75) is 18.8 Å². The first-order valence-electron chi connectivity index (χ1n) is 9.90. The minimum Gasteiger partial charge on any atom is -0.487 e. The minimum absolute atomic E-state index is 0.300. The Kier molecular flexibility index (Phi) is 6.10. The molecule has 0 saturated heterocycles. The van der Waals surface area contributed by atoms with E-state index in [-0.39, 0.29) is 0 Å². The number of hydrogen-bond acceptors (Lipinski definition) is 5. The van der Waals surface area contributed by atoms with Crippen molar-refractivity contribution < 1.29 is 19.7 Å². The van der Waals surface area contributed by atoms with Gasteiger partial charge in [0.25, 0.3) is 0 Å². The lowest BCUT2D eigenvalue weighted by Gasteiger charge is -2.23. The number of hydrogen-bond donors (Lipinski definition) is 3. The number of para-hydroxylation sites is 1. The van der Waals surface area contributed by atoms with Crippen LogP contribution in [-0.2, 0) is 11.4 Å². The van der Waals surface area contributed by atoms with Crippen molar-refractivity contribution in [3.63, 3.8) is 0 Å². The van der Waals surface area contributed by atoms with Gasteiger partial charge in [-0.15, -0.1) is 0 Å². The Hall–Kier alpha value is -3.90. The molecular weight excluding hydrogens is 392 g/mol. The topological polar surface area (TPSA) is 91.7 Å². The summed E-state index contributed by atoms with van der Waals surface area (Å²) in [5, 5.41) is 23.7. The molecule has 156 valence electrons. The van der Waals surface area contributed by atoms with Crippen LogP contribution < -0.4 is 10.1 Å². The zero-order valence-corrected chi connectivity index (χ0v) is 16.7. The van der Waals surface area contributed by atoms with Gasteiger partial charge in [0.15, 0.2) is 6.10 Å². The molecule has 6 heteroatoms. The van der Waals surface area contributed by atoms with Crippen molar-refractivity contribution in [2.75, 3.05) is 5.32 Å². The number of rotatable bonds is 8. The highest BCUT2D eigenvalue weighted by Crippen LogP contribution is 2.26. The molecule has 4 rings (SSSR count). The van der Waals surface area contributed by atoms with E-state index in [1.165, 1.54) is 0 Å². The van der Waals surface area contributed by atoms with Crippen LogP contribution in [-0.4, -0.2) is 27.3 Å². The third-order valence-corrected chi connectivity index (χ3v) is 4.93. The molecule has 0 fully saturated rings. The molecule has 0 aliphatic carbocycles. The number of aliphatic hydroxyl groups excluding tert-OH is 1. The van der Waals surface area contributed by atoms with E-state index in [1.54, 1.807) is 42.5 Å². The fourth-order valence-electron chi connectivity index (χ4n) is 3.35. The number of carboxylic acid groups (broad SMARTS) is 1. The molecule has 0 amide bonds. The molecular formula is C25H22N2O4. The average Bonchev–Trinajstić information content (AvgIpc) is 2.81. The van der Waals surface area contributed by atoms with E-state index in [1.807, 2.05) is 48.5 Å². The fraction of sp³-hybridized carbons (Fsp3) is 0.120. The van der Waals surface area contributed by atoms with Gasteiger partial charge in [0.1, 0.15) is 12.4 Å². The van der Waals surface area contributed by atoms with Gasteiger partial charge in [-0.3, -0.25) is 0 Å². The third kappa shape index (κ3) is 4.99. The van der Waals surface area contributed by atoms with E-state index >= 15 is 0 Å². The molecule has 1 heterocycles. The lowest BCUT2D eigenvalue weighted by molar-refractivity contribution is -0.147. The van der Waals surface area contributed by atoms with Gasteiger partial charge < -0.3 is 20.3 Å². The maximum Gasteiger partial charge on any atom is 0.335 e. The minimum atomic E-state index is -1.60. The summed E-state index contributed by atoms with van der Waals surface area (Å²) in [5.41, 5.74) is 3.02. The van der Waals surface area contributed by atoms with Crippen molar-refractivity contribution >= 4 is 22.6 Å². The van der Waals surface area contributed by atoms with Crippen molar-refractivity contribution in [1.82, 2.24) is 4.98 Å². The van der Waals surface area contributed by atoms with Gasteiger partial charge in [0.2, 0.25) is 0 Å². The Bertz CT molecular complexity index is 1180. The van der Waals surface area contributed by atoms with Crippen LogP contribution in [0.25, 0.3) is 10.9 Å². The fourth-order valence-corrected chi connectivity index (χ4v) is 3.35. The summed E-state index contributed by atoms with van der Waals surface area (Å²) >= 11 is 0. The van der Waals surface area contributed by atoms with E-state index in [0.717, 1.165) is 16.6 Å². The lowest BCUT2D eigenvalue weighted by Crippen LogP contribution is -2.32. The largest absolute Gasteiger partial charge is 0.487 e. The first-order valence-corrected chi connectivity index (χ1v) is 9.90. The van der Waals surface area contributed by atoms with Gasteiger partial charge in [-0.25, -0.2) is 9.78 Å². The summed E-state index contributed by atoms with van der Waals surface area (Å²) in [7, 11) is 0. The average molecular weight is 414 g/mol. The summed E-state index contributed by atoms with van der Waals surface area (Å²) in [5.74, 6) is -0.687. The standard InChI is InChI=1S/C25H22N2O4/c28-24(25(29)30)23(18-8-2-1-3-9-18)27-19-10-6-11-21(15-19)31-16-20-14-13-17-7-4-5-12-22(17)26-20/h1-15,23-24,27-28H,16H2,(H,29,30)/t23-,24-/m1/s1. The van der Waals surface area contributed by atoms with Gasteiger partial charge in [-0.05, 0) is 29.8 Å². The zero-order valence-electron chi connectivity index (χ0n) is 16.7. The van der Waals surface area contributed by atoms with Crippen LogP contribution in [0.15, 0.2) is 91.0 Å². The number of ether oxygens (including phenoxy) is 1. The summed E-state index contributed by atoms with van der Waals surface area (Å²) in [6, 6.07) is 27.2. The second-order valence-electron chi connectivity index (χ2n) is 7.13. The molecule has 2 atom stereocenters. The van der Waals surface area contributed by atoms with Gasteiger partial charge in [-0.2, -0.15) is 0 Å². The molecule has 1 aromatic heterocycles. The Labute approximate surface area is 179 Å². The molecule has 0 unspecified atom stereocenters. The molecule has 31 heavy (non-hydrogen) atoms. The van der Waals surface area contributed by atoms with Crippen LogP contribution in [0.5, 0.6) is 5.75 Å². The molecule has 0 radical (unpaired) electrons. The molecule has 3 aromatic carbocycles. The normalized spacial score (nSPS) is 12.8. The lowest BCUT2D eigenvalue weighted by atomic mass is 10.0. The Balaban J connectivity index is 1.49. The number of aliphatic hydroxyl groups is 1. The number of carbonyl (C=O) groups is 1. The molecule has 4 aromatic rings. The number of nitrogens with one attached hydrogen (secondary N) is 1. The zero-order chi connectivity index (χ0) is 21.6. The molecule has 0 saturated carbocycles. The molecule has 0 aliphatic heterocycles. The van der Waals surface area contributed by atoms with E-state index in [4.69, 9.17) is 4.74 Å². The number of pyridine rings is 1.